The zero-order chi connectivity index (χ0) is 13.8. The van der Waals surface area contributed by atoms with Gasteiger partial charge in [0.05, 0.1) is 18.2 Å². The Hall–Kier alpha value is -0.140. The van der Waals surface area contributed by atoms with Gasteiger partial charge in [-0.3, -0.25) is 4.79 Å². The number of rotatable bonds is 2. The Morgan fingerprint density at radius 3 is 2.95 bits per heavy atom. The van der Waals surface area contributed by atoms with E-state index in [1.165, 1.54) is 0 Å². The predicted molar refractivity (Wildman–Crippen MR) is 87.2 cm³/mol. The van der Waals surface area contributed by atoms with Gasteiger partial charge in [0.2, 0.25) is 0 Å². The zero-order valence-electron chi connectivity index (χ0n) is 10.6. The van der Waals surface area contributed by atoms with Crippen LogP contribution in [0.4, 0.5) is 0 Å². The summed E-state index contributed by atoms with van der Waals surface area (Å²) in [7, 11) is 0. The van der Waals surface area contributed by atoms with Crippen molar-refractivity contribution in [3.05, 3.63) is 31.8 Å². The van der Waals surface area contributed by atoms with Crippen LogP contribution in [0.2, 0.25) is 0 Å². The monoisotopic (exact) mass is 437 g/mol. The van der Waals surface area contributed by atoms with E-state index in [1.54, 1.807) is 0 Å². The van der Waals surface area contributed by atoms with Gasteiger partial charge in [-0.15, -0.1) is 0 Å². The third-order valence-corrected chi connectivity index (χ3v) is 4.87. The number of aliphatic hydroxyl groups is 1. The number of likely N-dealkylation sites (tertiary alicyclic amines) is 1. The van der Waals surface area contributed by atoms with Crippen LogP contribution < -0.4 is 0 Å². The van der Waals surface area contributed by atoms with Crippen LogP contribution in [0.25, 0.3) is 0 Å². The maximum absolute atomic E-state index is 12.7. The van der Waals surface area contributed by atoms with Gasteiger partial charge in [0.15, 0.2) is 0 Å². The average molecular weight is 438 g/mol. The molecule has 1 heterocycles. The molecule has 1 amide bonds. The molecule has 1 aliphatic heterocycles. The maximum atomic E-state index is 12.7. The van der Waals surface area contributed by atoms with E-state index < -0.39 is 0 Å². The fraction of sp³-hybridized carbons (Fsp3) is 0.500. The quantitative estimate of drug-likeness (QED) is 0.720. The van der Waals surface area contributed by atoms with Crippen LogP contribution in [0.15, 0.2) is 22.7 Å². The number of hydrogen-bond acceptors (Lipinski definition) is 2. The van der Waals surface area contributed by atoms with E-state index in [9.17, 15) is 9.90 Å². The SMILES string of the molecule is O=C(c1cc(I)ccc1Br)N1CCCCCC1CO. The molecule has 5 heteroatoms. The maximum Gasteiger partial charge on any atom is 0.255 e. The smallest absolute Gasteiger partial charge is 0.255 e. The molecule has 0 spiro atoms. The number of aliphatic hydroxyl groups excluding tert-OH is 1. The Labute approximate surface area is 135 Å². The van der Waals surface area contributed by atoms with Crippen molar-refractivity contribution < 1.29 is 9.90 Å². The molecule has 0 aromatic heterocycles. The second-order valence-corrected chi connectivity index (χ2v) is 6.91. The van der Waals surface area contributed by atoms with Gasteiger partial charge in [0.25, 0.3) is 5.91 Å². The van der Waals surface area contributed by atoms with Crippen LogP contribution in [-0.2, 0) is 0 Å². The normalized spacial score (nSPS) is 20.2. The molecule has 19 heavy (non-hydrogen) atoms. The average Bonchev–Trinajstić information content (AvgIpc) is 2.65. The van der Waals surface area contributed by atoms with Crippen molar-refractivity contribution in [2.45, 2.75) is 31.7 Å². The molecule has 3 nitrogen and oxygen atoms in total. The zero-order valence-corrected chi connectivity index (χ0v) is 14.4. The van der Waals surface area contributed by atoms with Gasteiger partial charge in [0, 0.05) is 14.6 Å². The van der Waals surface area contributed by atoms with E-state index in [0.717, 1.165) is 40.3 Å². The lowest BCUT2D eigenvalue weighted by Gasteiger charge is -2.29. The van der Waals surface area contributed by atoms with E-state index >= 15 is 0 Å². The van der Waals surface area contributed by atoms with Crippen LogP contribution >= 0.6 is 38.5 Å². The lowest BCUT2D eigenvalue weighted by Crippen LogP contribution is -2.42. The molecule has 2 rings (SSSR count). The molecular weight excluding hydrogens is 421 g/mol. The number of carbonyl (C=O) groups excluding carboxylic acids is 1. The first-order chi connectivity index (χ1) is 9.13. The van der Waals surface area contributed by atoms with Gasteiger partial charge in [-0.05, 0) is 69.6 Å². The highest BCUT2D eigenvalue weighted by molar-refractivity contribution is 14.1. The minimum atomic E-state index is -0.0419. The second-order valence-electron chi connectivity index (χ2n) is 4.81. The Balaban J connectivity index is 2.27. The Kier molecular flexibility index (Phi) is 5.65. The summed E-state index contributed by atoms with van der Waals surface area (Å²) in [5, 5.41) is 9.50. The summed E-state index contributed by atoms with van der Waals surface area (Å²) < 4.78 is 1.86. The standard InChI is InChI=1S/C14H17BrINO2/c15-13-6-5-10(16)8-12(13)14(19)17-7-3-1-2-4-11(17)9-18/h5-6,8,11,18H,1-4,7,9H2. The third-order valence-electron chi connectivity index (χ3n) is 3.51. The van der Waals surface area contributed by atoms with Gasteiger partial charge in [-0.2, -0.15) is 0 Å². The summed E-state index contributed by atoms with van der Waals surface area (Å²) in [4.78, 5) is 14.5. The molecule has 0 radical (unpaired) electrons. The molecular formula is C14H17BrINO2. The molecule has 1 aromatic rings. The summed E-state index contributed by atoms with van der Waals surface area (Å²) in [5.41, 5.74) is 0.687. The highest BCUT2D eigenvalue weighted by Gasteiger charge is 2.26. The highest BCUT2D eigenvalue weighted by Crippen LogP contribution is 2.24. The first-order valence-electron chi connectivity index (χ1n) is 6.50. The molecule has 1 aliphatic rings. The van der Waals surface area contributed by atoms with Crippen LogP contribution in [0.5, 0.6) is 0 Å². The third kappa shape index (κ3) is 3.70. The van der Waals surface area contributed by atoms with Gasteiger partial charge < -0.3 is 10.0 Å². The van der Waals surface area contributed by atoms with Crippen LogP contribution in [0, 0.1) is 3.57 Å². The largest absolute Gasteiger partial charge is 0.394 e. The fourth-order valence-electron chi connectivity index (χ4n) is 2.45. The number of halogens is 2. The van der Waals surface area contributed by atoms with Crippen molar-refractivity contribution >= 4 is 44.4 Å². The number of carbonyl (C=O) groups is 1. The van der Waals surface area contributed by atoms with Crippen molar-refractivity contribution in [1.29, 1.82) is 0 Å². The molecule has 1 saturated heterocycles. The van der Waals surface area contributed by atoms with Gasteiger partial charge in [-0.25, -0.2) is 0 Å². The summed E-state index contributed by atoms with van der Waals surface area (Å²) in [5.74, 6) is 0.0198. The van der Waals surface area contributed by atoms with Crippen molar-refractivity contribution in [3.8, 4) is 0 Å². The minimum absolute atomic E-state index is 0.0198. The van der Waals surface area contributed by atoms with Gasteiger partial charge in [-0.1, -0.05) is 12.8 Å². The van der Waals surface area contributed by atoms with Crippen molar-refractivity contribution in [3.63, 3.8) is 0 Å². The van der Waals surface area contributed by atoms with Crippen molar-refractivity contribution in [2.24, 2.45) is 0 Å². The van der Waals surface area contributed by atoms with E-state index in [4.69, 9.17) is 0 Å². The van der Waals surface area contributed by atoms with Crippen molar-refractivity contribution in [2.75, 3.05) is 13.2 Å². The van der Waals surface area contributed by atoms with Gasteiger partial charge >= 0.3 is 0 Å². The minimum Gasteiger partial charge on any atom is -0.394 e. The first kappa shape index (κ1) is 15.3. The van der Waals surface area contributed by atoms with Crippen LogP contribution in [-0.4, -0.2) is 35.1 Å². The summed E-state index contributed by atoms with van der Waals surface area (Å²) in [6, 6.07) is 5.72. The number of benzene rings is 1. The van der Waals surface area contributed by atoms with Crippen LogP contribution in [0.3, 0.4) is 0 Å². The van der Waals surface area contributed by atoms with Crippen molar-refractivity contribution in [1.82, 2.24) is 4.90 Å². The van der Waals surface area contributed by atoms with E-state index in [2.05, 4.69) is 38.5 Å². The molecule has 0 bridgehead atoms. The Bertz CT molecular complexity index is 467. The first-order valence-corrected chi connectivity index (χ1v) is 8.37. The molecule has 1 N–H and O–H groups in total. The lowest BCUT2D eigenvalue weighted by molar-refractivity contribution is 0.0599. The van der Waals surface area contributed by atoms with E-state index in [0.29, 0.717) is 5.56 Å². The molecule has 104 valence electrons. The summed E-state index contributed by atoms with van der Waals surface area (Å²) >= 11 is 5.65. The number of nitrogens with zero attached hydrogens (tertiary/aromatic N) is 1. The number of hydrogen-bond donors (Lipinski definition) is 1. The Morgan fingerprint density at radius 2 is 2.21 bits per heavy atom. The molecule has 1 aromatic carbocycles. The van der Waals surface area contributed by atoms with Gasteiger partial charge in [0.1, 0.15) is 0 Å². The molecule has 1 fully saturated rings. The summed E-state index contributed by atoms with van der Waals surface area (Å²) in [6.07, 6.45) is 4.13. The molecule has 1 atom stereocenters. The lowest BCUT2D eigenvalue weighted by atomic mass is 10.1. The second kappa shape index (κ2) is 7.04. The fourth-order valence-corrected chi connectivity index (χ4v) is 3.36. The predicted octanol–water partition coefficient (Wildman–Crippen LogP) is 3.43. The van der Waals surface area contributed by atoms with Crippen LogP contribution in [0.1, 0.15) is 36.0 Å². The Morgan fingerprint density at radius 1 is 1.42 bits per heavy atom. The van der Waals surface area contributed by atoms with E-state index in [1.807, 2.05) is 23.1 Å². The molecule has 0 saturated carbocycles. The summed E-state index contributed by atoms with van der Waals surface area (Å²) in [6.45, 7) is 0.787. The number of amides is 1. The highest BCUT2D eigenvalue weighted by atomic mass is 127. The topological polar surface area (TPSA) is 40.5 Å². The molecule has 1 unspecified atom stereocenters. The van der Waals surface area contributed by atoms with E-state index in [-0.39, 0.29) is 18.6 Å². The molecule has 0 aliphatic carbocycles.